The zero-order valence-corrected chi connectivity index (χ0v) is 13.0. The van der Waals surface area contributed by atoms with Gasteiger partial charge in [-0.3, -0.25) is 0 Å². The lowest BCUT2D eigenvalue weighted by atomic mass is 10.2. The molecule has 112 valence electrons. The largest absolute Gasteiger partial charge is 0.480 e. The summed E-state index contributed by atoms with van der Waals surface area (Å²) in [6.07, 6.45) is 1.61. The number of rotatable bonds is 5. The molecular weight excluding hydrogens is 288 g/mol. The summed E-state index contributed by atoms with van der Waals surface area (Å²) in [5, 5.41) is 8.57. The number of urea groups is 1. The van der Waals surface area contributed by atoms with Crippen molar-refractivity contribution in [3.63, 3.8) is 0 Å². The molecule has 0 aliphatic carbocycles. The maximum Gasteiger partial charge on any atom is 0.319 e. The predicted molar refractivity (Wildman–Crippen MR) is 83.1 cm³/mol. The summed E-state index contributed by atoms with van der Waals surface area (Å²) < 4.78 is 5.08. The number of nitrogens with one attached hydrogen (secondary N) is 2. The SMILES string of the molecule is COc1ncccc1NC(=O)NC[C@@H](C)c1nc(C)cs1. The van der Waals surface area contributed by atoms with Crippen molar-refractivity contribution in [3.8, 4) is 5.88 Å². The van der Waals surface area contributed by atoms with E-state index in [0.717, 1.165) is 10.7 Å². The number of anilines is 1. The number of hydrogen-bond acceptors (Lipinski definition) is 5. The van der Waals surface area contributed by atoms with E-state index in [1.165, 1.54) is 7.11 Å². The Balaban J connectivity index is 1.87. The minimum Gasteiger partial charge on any atom is -0.480 e. The third kappa shape index (κ3) is 4.16. The molecule has 2 aromatic rings. The van der Waals surface area contributed by atoms with E-state index in [9.17, 15) is 4.79 Å². The Hall–Kier alpha value is -2.15. The van der Waals surface area contributed by atoms with Gasteiger partial charge in [0.05, 0.1) is 12.1 Å². The van der Waals surface area contributed by atoms with Crippen molar-refractivity contribution in [2.24, 2.45) is 0 Å². The lowest BCUT2D eigenvalue weighted by molar-refractivity contribution is 0.251. The molecule has 21 heavy (non-hydrogen) atoms. The summed E-state index contributed by atoms with van der Waals surface area (Å²) in [5.41, 5.74) is 1.54. The van der Waals surface area contributed by atoms with E-state index in [1.54, 1.807) is 29.7 Å². The first kappa shape index (κ1) is 15.2. The highest BCUT2D eigenvalue weighted by Crippen LogP contribution is 2.20. The average Bonchev–Trinajstić information content (AvgIpc) is 2.92. The van der Waals surface area contributed by atoms with Crippen molar-refractivity contribution in [2.45, 2.75) is 19.8 Å². The molecule has 0 radical (unpaired) electrons. The molecule has 0 unspecified atom stereocenters. The van der Waals surface area contributed by atoms with Gasteiger partial charge in [-0.15, -0.1) is 11.3 Å². The van der Waals surface area contributed by atoms with Crippen LogP contribution in [0.3, 0.4) is 0 Å². The quantitative estimate of drug-likeness (QED) is 0.890. The molecule has 0 aromatic carbocycles. The van der Waals surface area contributed by atoms with Crippen LogP contribution < -0.4 is 15.4 Å². The molecule has 0 fully saturated rings. The van der Waals surface area contributed by atoms with Gasteiger partial charge in [0.25, 0.3) is 0 Å². The summed E-state index contributed by atoms with van der Waals surface area (Å²) in [4.78, 5) is 20.3. The van der Waals surface area contributed by atoms with Crippen molar-refractivity contribution in [1.82, 2.24) is 15.3 Å². The molecule has 0 bridgehead atoms. The van der Waals surface area contributed by atoms with Crippen LogP contribution in [0.25, 0.3) is 0 Å². The van der Waals surface area contributed by atoms with Gasteiger partial charge in [0.1, 0.15) is 5.69 Å². The van der Waals surface area contributed by atoms with Gasteiger partial charge in [-0.1, -0.05) is 6.92 Å². The topological polar surface area (TPSA) is 76.1 Å². The molecule has 2 heterocycles. The lowest BCUT2D eigenvalue weighted by Crippen LogP contribution is -2.31. The third-order valence-corrected chi connectivity index (χ3v) is 4.03. The van der Waals surface area contributed by atoms with Crippen molar-refractivity contribution >= 4 is 23.1 Å². The first-order chi connectivity index (χ1) is 10.1. The van der Waals surface area contributed by atoms with Crippen LogP contribution in [0.2, 0.25) is 0 Å². The number of thiazole rings is 1. The van der Waals surface area contributed by atoms with Crippen LogP contribution in [0.4, 0.5) is 10.5 Å². The number of pyridine rings is 1. The minimum absolute atomic E-state index is 0.172. The smallest absolute Gasteiger partial charge is 0.319 e. The van der Waals surface area contributed by atoms with Crippen LogP contribution in [0.5, 0.6) is 5.88 Å². The molecule has 1 atom stereocenters. The van der Waals surface area contributed by atoms with Crippen LogP contribution >= 0.6 is 11.3 Å². The number of hydrogen-bond donors (Lipinski definition) is 2. The van der Waals surface area contributed by atoms with E-state index in [4.69, 9.17) is 4.74 Å². The van der Waals surface area contributed by atoms with Crippen molar-refractivity contribution in [2.75, 3.05) is 19.0 Å². The summed E-state index contributed by atoms with van der Waals surface area (Å²) >= 11 is 1.61. The number of amides is 2. The second-order valence-corrected chi connectivity index (χ2v) is 5.51. The van der Waals surface area contributed by atoms with E-state index in [0.29, 0.717) is 18.1 Å². The summed E-state index contributed by atoms with van der Waals surface area (Å²) in [5.74, 6) is 0.557. The van der Waals surface area contributed by atoms with E-state index in [-0.39, 0.29) is 11.9 Å². The average molecular weight is 306 g/mol. The van der Waals surface area contributed by atoms with Gasteiger partial charge in [0.15, 0.2) is 0 Å². The maximum atomic E-state index is 11.9. The standard InChI is InChI=1S/C14H18N4O2S/c1-9(13-17-10(2)8-21-13)7-16-14(19)18-11-5-4-6-15-12(11)20-3/h4-6,8-9H,7H2,1-3H3,(H2,16,18,19)/t9-/m1/s1. The molecule has 0 saturated heterocycles. The highest BCUT2D eigenvalue weighted by molar-refractivity contribution is 7.09. The predicted octanol–water partition coefficient (Wildman–Crippen LogP) is 2.78. The Morgan fingerprint density at radius 2 is 2.33 bits per heavy atom. The monoisotopic (exact) mass is 306 g/mol. The Morgan fingerprint density at radius 1 is 1.52 bits per heavy atom. The molecule has 2 amide bonds. The summed E-state index contributed by atoms with van der Waals surface area (Å²) in [6.45, 7) is 4.51. The molecule has 0 aliphatic rings. The molecule has 2 rings (SSSR count). The number of carbonyl (C=O) groups is 1. The number of carbonyl (C=O) groups excluding carboxylic acids is 1. The fraction of sp³-hybridized carbons (Fsp3) is 0.357. The molecule has 0 aliphatic heterocycles. The minimum atomic E-state index is -0.290. The molecule has 2 aromatic heterocycles. The van der Waals surface area contributed by atoms with Crippen LogP contribution in [-0.4, -0.2) is 29.7 Å². The van der Waals surface area contributed by atoms with Crippen LogP contribution in [-0.2, 0) is 0 Å². The first-order valence-corrected chi connectivity index (χ1v) is 7.44. The number of ether oxygens (including phenoxy) is 1. The van der Waals surface area contributed by atoms with Gasteiger partial charge in [-0.05, 0) is 19.1 Å². The van der Waals surface area contributed by atoms with Crippen molar-refractivity contribution in [1.29, 1.82) is 0 Å². The van der Waals surface area contributed by atoms with Crippen molar-refractivity contribution < 1.29 is 9.53 Å². The van der Waals surface area contributed by atoms with Gasteiger partial charge < -0.3 is 15.4 Å². The second-order valence-electron chi connectivity index (χ2n) is 4.62. The molecular formula is C14H18N4O2S. The van der Waals surface area contributed by atoms with Gasteiger partial charge in [0, 0.05) is 29.7 Å². The van der Waals surface area contributed by atoms with E-state index in [2.05, 4.69) is 20.6 Å². The highest BCUT2D eigenvalue weighted by Gasteiger charge is 2.12. The number of methoxy groups -OCH3 is 1. The first-order valence-electron chi connectivity index (χ1n) is 6.56. The Morgan fingerprint density at radius 3 is 3.00 bits per heavy atom. The summed E-state index contributed by atoms with van der Waals surface area (Å²) in [7, 11) is 1.51. The zero-order valence-electron chi connectivity index (χ0n) is 12.2. The normalized spacial score (nSPS) is 11.8. The van der Waals surface area contributed by atoms with Gasteiger partial charge in [-0.25, -0.2) is 14.8 Å². The van der Waals surface area contributed by atoms with E-state index < -0.39 is 0 Å². The van der Waals surface area contributed by atoms with E-state index >= 15 is 0 Å². The maximum absolute atomic E-state index is 11.9. The fourth-order valence-electron chi connectivity index (χ4n) is 1.75. The fourth-order valence-corrected chi connectivity index (χ4v) is 2.60. The highest BCUT2D eigenvalue weighted by atomic mass is 32.1. The van der Waals surface area contributed by atoms with Gasteiger partial charge >= 0.3 is 6.03 Å². The third-order valence-electron chi connectivity index (χ3n) is 2.84. The van der Waals surface area contributed by atoms with Gasteiger partial charge in [-0.2, -0.15) is 0 Å². The number of nitrogens with zero attached hydrogens (tertiary/aromatic N) is 2. The van der Waals surface area contributed by atoms with Crippen LogP contribution in [0.15, 0.2) is 23.7 Å². The number of aryl methyl sites for hydroxylation is 1. The van der Waals surface area contributed by atoms with E-state index in [1.807, 2.05) is 19.2 Å². The second kappa shape index (κ2) is 7.03. The molecule has 6 nitrogen and oxygen atoms in total. The molecule has 0 spiro atoms. The van der Waals surface area contributed by atoms with Crippen LogP contribution in [0, 0.1) is 6.92 Å². The number of aromatic nitrogens is 2. The molecule has 7 heteroatoms. The molecule has 2 N–H and O–H groups in total. The summed E-state index contributed by atoms with van der Waals surface area (Å²) in [6, 6.07) is 3.18. The van der Waals surface area contributed by atoms with Crippen molar-refractivity contribution in [3.05, 3.63) is 34.4 Å². The zero-order chi connectivity index (χ0) is 15.2. The Labute approximate surface area is 127 Å². The lowest BCUT2D eigenvalue weighted by Gasteiger charge is -2.12. The van der Waals surface area contributed by atoms with Gasteiger partial charge in [0.2, 0.25) is 5.88 Å². The van der Waals surface area contributed by atoms with Crippen LogP contribution in [0.1, 0.15) is 23.5 Å². The molecule has 0 saturated carbocycles. The Bertz CT molecular complexity index is 615. The Kier molecular flexibility index (Phi) is 5.10.